The van der Waals surface area contributed by atoms with E-state index in [-0.39, 0.29) is 12.2 Å². The number of hydrogen-bond donors (Lipinski definition) is 0. The van der Waals surface area contributed by atoms with Crippen molar-refractivity contribution < 1.29 is 17.9 Å². The van der Waals surface area contributed by atoms with Gasteiger partial charge in [-0.2, -0.15) is 8.78 Å². The zero-order valence-electron chi connectivity index (χ0n) is 22.7. The van der Waals surface area contributed by atoms with Crippen LogP contribution in [0.1, 0.15) is 131 Å². The summed E-state index contributed by atoms with van der Waals surface area (Å²) in [5, 5.41) is 0. The van der Waals surface area contributed by atoms with Crippen LogP contribution in [-0.2, 0) is 11.3 Å². The van der Waals surface area contributed by atoms with Crippen molar-refractivity contribution in [3.63, 3.8) is 0 Å². The molecule has 1 atom stereocenters. The second-order valence-corrected chi connectivity index (χ2v) is 11.6. The quantitative estimate of drug-likeness (QED) is 0.290. The van der Waals surface area contributed by atoms with Crippen LogP contribution in [0.3, 0.4) is 0 Å². The van der Waals surface area contributed by atoms with E-state index in [2.05, 4.69) is 13.8 Å². The normalized spacial score (nSPS) is 25.6. The van der Waals surface area contributed by atoms with E-state index >= 15 is 0 Å². The Morgan fingerprint density at radius 2 is 1.14 bits per heavy atom. The summed E-state index contributed by atoms with van der Waals surface area (Å²) in [7, 11) is 0. The van der Waals surface area contributed by atoms with Crippen LogP contribution in [0.2, 0.25) is 0 Å². The maximum absolute atomic E-state index is 14.8. The summed E-state index contributed by atoms with van der Waals surface area (Å²) in [5.41, 5.74) is 3.02. The molecule has 2 fully saturated rings. The lowest BCUT2D eigenvalue weighted by Crippen LogP contribution is -2.27. The van der Waals surface area contributed by atoms with Crippen LogP contribution in [-0.4, -0.2) is 6.11 Å². The molecule has 0 saturated heterocycles. The summed E-state index contributed by atoms with van der Waals surface area (Å²) in [6.45, 7) is 4.17. The summed E-state index contributed by atoms with van der Waals surface area (Å²) in [6, 6.07) is 14.4. The van der Waals surface area contributed by atoms with E-state index in [1.807, 2.05) is 36.4 Å². The van der Waals surface area contributed by atoms with Crippen molar-refractivity contribution >= 4 is 0 Å². The van der Waals surface area contributed by atoms with E-state index in [1.54, 1.807) is 0 Å². The van der Waals surface area contributed by atoms with Gasteiger partial charge in [-0.1, -0.05) is 88.1 Å². The van der Waals surface area contributed by atoms with Gasteiger partial charge in [0.2, 0.25) is 6.17 Å². The highest BCUT2D eigenvalue weighted by atomic mass is 19.3. The van der Waals surface area contributed by atoms with E-state index < -0.39 is 12.3 Å². The van der Waals surface area contributed by atoms with E-state index in [1.165, 1.54) is 81.9 Å². The molecule has 0 heterocycles. The minimum absolute atomic E-state index is 0.0255. The topological polar surface area (TPSA) is 9.23 Å². The molecule has 37 heavy (non-hydrogen) atoms. The summed E-state index contributed by atoms with van der Waals surface area (Å²) in [5.74, 6) is 2.67. The first-order valence-corrected chi connectivity index (χ1v) is 14.7. The van der Waals surface area contributed by atoms with Gasteiger partial charge in [-0.05, 0) is 97.3 Å². The van der Waals surface area contributed by atoms with Crippen LogP contribution in [0, 0.1) is 11.8 Å². The number of ether oxygens (including phenoxy) is 1. The van der Waals surface area contributed by atoms with Crippen molar-refractivity contribution in [1.29, 1.82) is 0 Å². The Morgan fingerprint density at radius 1 is 0.703 bits per heavy atom. The first-order chi connectivity index (χ1) is 17.9. The third-order valence-electron chi connectivity index (χ3n) is 8.97. The van der Waals surface area contributed by atoms with Gasteiger partial charge in [-0.15, -0.1) is 0 Å². The zero-order valence-corrected chi connectivity index (χ0v) is 22.7. The summed E-state index contributed by atoms with van der Waals surface area (Å²) in [6.07, 6.45) is 8.34. The monoisotopic (exact) mass is 514 g/mol. The molecule has 2 aliphatic rings. The lowest BCUT2D eigenvalue weighted by molar-refractivity contribution is -0.282. The molecule has 4 rings (SSSR count). The molecule has 2 aromatic carbocycles. The maximum Gasteiger partial charge on any atom is 0.391 e. The van der Waals surface area contributed by atoms with Gasteiger partial charge in [0.25, 0.3) is 0 Å². The van der Waals surface area contributed by atoms with Crippen molar-refractivity contribution in [3.8, 4) is 0 Å². The third kappa shape index (κ3) is 7.62. The Kier molecular flexibility index (Phi) is 10.1. The van der Waals surface area contributed by atoms with Gasteiger partial charge >= 0.3 is 6.11 Å². The average Bonchev–Trinajstić information content (AvgIpc) is 2.93. The largest absolute Gasteiger partial charge is 0.391 e. The predicted molar refractivity (Wildman–Crippen MR) is 146 cm³/mol. The zero-order chi connectivity index (χ0) is 26.3. The highest BCUT2D eigenvalue weighted by molar-refractivity contribution is 5.28. The van der Waals surface area contributed by atoms with Gasteiger partial charge < -0.3 is 4.74 Å². The van der Waals surface area contributed by atoms with Crippen LogP contribution in [0.25, 0.3) is 0 Å². The predicted octanol–water partition coefficient (Wildman–Crippen LogP) is 10.7. The lowest BCUT2D eigenvalue weighted by atomic mass is 9.77. The molecule has 1 nitrogen and oxygen atoms in total. The van der Waals surface area contributed by atoms with Crippen molar-refractivity contribution in [1.82, 2.24) is 0 Å². The van der Waals surface area contributed by atoms with Crippen LogP contribution >= 0.6 is 0 Å². The third-order valence-corrected chi connectivity index (χ3v) is 8.97. The van der Waals surface area contributed by atoms with E-state index in [0.717, 1.165) is 30.2 Å². The first kappa shape index (κ1) is 28.2. The molecule has 4 heteroatoms. The molecule has 1 unspecified atom stereocenters. The number of alkyl halides is 3. The molecule has 0 bridgehead atoms. The summed E-state index contributed by atoms with van der Waals surface area (Å²) >= 11 is 0. The fourth-order valence-corrected chi connectivity index (χ4v) is 6.66. The summed E-state index contributed by atoms with van der Waals surface area (Å²) in [4.78, 5) is 0. The van der Waals surface area contributed by atoms with Crippen LogP contribution in [0.4, 0.5) is 13.2 Å². The molecule has 2 aromatic rings. The molecule has 0 amide bonds. The first-order valence-electron chi connectivity index (χ1n) is 14.7. The number of rotatable bonds is 11. The second kappa shape index (κ2) is 13.3. The van der Waals surface area contributed by atoms with E-state index in [9.17, 15) is 13.2 Å². The molecule has 0 spiro atoms. The van der Waals surface area contributed by atoms with Crippen molar-refractivity contribution in [2.45, 2.75) is 122 Å². The minimum Gasteiger partial charge on any atom is -0.313 e. The molecule has 204 valence electrons. The Balaban J connectivity index is 1.27. The van der Waals surface area contributed by atoms with Gasteiger partial charge in [0.15, 0.2) is 0 Å². The van der Waals surface area contributed by atoms with Crippen molar-refractivity contribution in [2.75, 3.05) is 0 Å². The fourth-order valence-electron chi connectivity index (χ4n) is 6.66. The number of hydrogen-bond acceptors (Lipinski definition) is 1. The SMILES string of the molecule is CCCC1CCC(c2ccc(COC(F)(F)C(F)c3ccc(C4CCC(CCC)CC4)cc3)cc2)CC1. The van der Waals surface area contributed by atoms with E-state index in [4.69, 9.17) is 4.74 Å². The molecule has 2 saturated carbocycles. The second-order valence-electron chi connectivity index (χ2n) is 11.6. The lowest BCUT2D eigenvalue weighted by Gasteiger charge is -2.29. The Bertz CT molecular complexity index is 923. The van der Waals surface area contributed by atoms with Crippen LogP contribution < -0.4 is 0 Å². The van der Waals surface area contributed by atoms with Crippen molar-refractivity contribution in [2.24, 2.45) is 11.8 Å². The minimum atomic E-state index is -3.88. The average molecular weight is 515 g/mol. The van der Waals surface area contributed by atoms with Crippen molar-refractivity contribution in [3.05, 3.63) is 70.8 Å². The van der Waals surface area contributed by atoms with E-state index in [0.29, 0.717) is 17.4 Å². The summed E-state index contributed by atoms with van der Waals surface area (Å²) < 4.78 is 48.9. The van der Waals surface area contributed by atoms with Gasteiger partial charge in [0.1, 0.15) is 0 Å². The fraction of sp³-hybridized carbons (Fsp3) is 0.636. The molecule has 0 N–H and O–H groups in total. The Morgan fingerprint density at radius 3 is 1.57 bits per heavy atom. The molecular weight excluding hydrogens is 469 g/mol. The highest BCUT2D eigenvalue weighted by Crippen LogP contribution is 2.41. The smallest absolute Gasteiger partial charge is 0.313 e. The molecule has 0 aromatic heterocycles. The molecular formula is C33H45F3O. The molecule has 0 aliphatic heterocycles. The van der Waals surface area contributed by atoms with Crippen LogP contribution in [0.5, 0.6) is 0 Å². The van der Waals surface area contributed by atoms with Crippen LogP contribution in [0.15, 0.2) is 48.5 Å². The highest BCUT2D eigenvalue weighted by Gasteiger charge is 2.43. The maximum atomic E-state index is 14.8. The van der Waals surface area contributed by atoms with Gasteiger partial charge in [-0.25, -0.2) is 4.39 Å². The number of halogens is 3. The van der Waals surface area contributed by atoms with Gasteiger partial charge in [0, 0.05) is 0 Å². The molecule has 2 aliphatic carbocycles. The Hall–Kier alpha value is -1.81. The molecule has 0 radical (unpaired) electrons. The van der Waals surface area contributed by atoms with Gasteiger partial charge in [-0.3, -0.25) is 0 Å². The standard InChI is InChI=1S/C33H45F3O/c1-3-5-24-7-13-27(14-8-24)29-17-11-26(12-18-29)23-37-33(35,36)32(34)31-21-19-30(20-22-31)28-15-9-25(6-4-2)10-16-28/h11-12,17-22,24-25,27-28,32H,3-10,13-16,23H2,1-2H3. The van der Waals surface area contributed by atoms with Gasteiger partial charge in [0.05, 0.1) is 6.61 Å². The number of benzene rings is 2. The Labute approximate surface area is 222 Å².